The van der Waals surface area contributed by atoms with Gasteiger partial charge in [0.15, 0.2) is 0 Å². The average Bonchev–Trinajstić information content (AvgIpc) is 2.09. The van der Waals surface area contributed by atoms with Gasteiger partial charge in [0.05, 0.1) is 16.4 Å². The van der Waals surface area contributed by atoms with Gasteiger partial charge in [-0.2, -0.15) is 0 Å². The largest absolute Gasteiger partial charge is 0.481 e. The third kappa shape index (κ3) is 2.63. The molecule has 7 heteroatoms. The Balaban J connectivity index is 3.28. The number of hydrogen-bond donors (Lipinski definition) is 1. The quantitative estimate of drug-likeness (QED) is 0.640. The second-order valence-corrected chi connectivity index (χ2v) is 3.13. The van der Waals surface area contributed by atoms with Crippen molar-refractivity contribution in [2.75, 3.05) is 0 Å². The lowest BCUT2D eigenvalue weighted by Crippen LogP contribution is -2.04. The van der Waals surface area contributed by atoms with Crippen molar-refractivity contribution in [3.63, 3.8) is 0 Å². The summed E-state index contributed by atoms with van der Waals surface area (Å²) in [5.74, 6) is -2.15. The number of carboxylic acids is 1. The zero-order chi connectivity index (χ0) is 11.6. The minimum atomic E-state index is -1.28. The molecule has 80 valence electrons. The summed E-state index contributed by atoms with van der Waals surface area (Å²) in [5, 5.41) is 18.5. The number of hydrogen-bond acceptors (Lipinski definition) is 3. The number of halogens is 2. The molecule has 0 bridgehead atoms. The van der Waals surface area contributed by atoms with E-state index in [9.17, 15) is 19.3 Å². The topological polar surface area (TPSA) is 80.4 Å². The normalized spacial score (nSPS) is 10.0. The summed E-state index contributed by atoms with van der Waals surface area (Å²) in [6.45, 7) is 0. The summed E-state index contributed by atoms with van der Waals surface area (Å²) < 4.78 is 12.9. The monoisotopic (exact) mass is 233 g/mol. The van der Waals surface area contributed by atoms with E-state index in [4.69, 9.17) is 16.7 Å². The summed E-state index contributed by atoms with van der Waals surface area (Å²) in [7, 11) is 0. The van der Waals surface area contributed by atoms with Crippen LogP contribution in [0.15, 0.2) is 12.1 Å². The maximum absolute atomic E-state index is 12.9. The molecule has 0 aromatic heterocycles. The Bertz CT molecular complexity index is 435. The second kappa shape index (κ2) is 4.22. The third-order valence-corrected chi connectivity index (χ3v) is 1.95. The van der Waals surface area contributed by atoms with Crippen LogP contribution in [0.4, 0.5) is 10.1 Å². The maximum atomic E-state index is 12.9. The van der Waals surface area contributed by atoms with Crippen LogP contribution < -0.4 is 0 Å². The van der Waals surface area contributed by atoms with E-state index in [1.807, 2.05) is 0 Å². The highest BCUT2D eigenvalue weighted by molar-refractivity contribution is 6.31. The molecular weight excluding hydrogens is 229 g/mol. The Hall–Kier alpha value is -1.69. The van der Waals surface area contributed by atoms with Crippen molar-refractivity contribution in [1.29, 1.82) is 0 Å². The number of nitro groups is 1. The summed E-state index contributed by atoms with van der Waals surface area (Å²) in [6, 6.07) is 1.56. The van der Waals surface area contributed by atoms with Crippen molar-refractivity contribution >= 4 is 23.3 Å². The van der Waals surface area contributed by atoms with Gasteiger partial charge in [-0.3, -0.25) is 14.9 Å². The summed E-state index contributed by atoms with van der Waals surface area (Å²) in [4.78, 5) is 20.1. The first kappa shape index (κ1) is 11.4. The Labute approximate surface area is 88.2 Å². The molecular formula is C8H5ClFNO4. The zero-order valence-electron chi connectivity index (χ0n) is 7.24. The lowest BCUT2D eigenvalue weighted by atomic mass is 10.1. The number of nitrogens with zero attached hydrogens (tertiary/aromatic N) is 1. The van der Waals surface area contributed by atoms with E-state index in [1.54, 1.807) is 0 Å². The predicted molar refractivity (Wildman–Crippen MR) is 49.4 cm³/mol. The van der Waals surface area contributed by atoms with Crippen LogP contribution in [0.1, 0.15) is 5.56 Å². The number of aliphatic carboxylic acids is 1. The Kier molecular flexibility index (Phi) is 3.21. The molecule has 0 saturated heterocycles. The van der Waals surface area contributed by atoms with Crippen LogP contribution in [0.2, 0.25) is 5.02 Å². The average molecular weight is 234 g/mol. The molecule has 0 radical (unpaired) electrons. The lowest BCUT2D eigenvalue weighted by molar-refractivity contribution is -0.385. The van der Waals surface area contributed by atoms with Gasteiger partial charge in [-0.15, -0.1) is 0 Å². The molecule has 0 unspecified atom stereocenters. The van der Waals surface area contributed by atoms with E-state index in [1.165, 1.54) is 0 Å². The minimum Gasteiger partial charge on any atom is -0.481 e. The van der Waals surface area contributed by atoms with Crippen molar-refractivity contribution in [3.8, 4) is 0 Å². The highest BCUT2D eigenvalue weighted by atomic mass is 35.5. The molecule has 1 rings (SSSR count). The van der Waals surface area contributed by atoms with Crippen molar-refractivity contribution in [3.05, 3.63) is 38.7 Å². The van der Waals surface area contributed by atoms with Crippen molar-refractivity contribution in [1.82, 2.24) is 0 Å². The molecule has 1 aromatic carbocycles. The Morgan fingerprint density at radius 3 is 2.67 bits per heavy atom. The molecule has 0 amide bonds. The fourth-order valence-corrected chi connectivity index (χ4v) is 1.21. The fourth-order valence-electron chi connectivity index (χ4n) is 1.05. The standard InChI is InChI=1S/C8H5ClFNO4/c9-5-3-7(11(14)15)4(1-6(5)10)2-8(12)13/h1,3H,2H2,(H,12,13). The lowest BCUT2D eigenvalue weighted by Gasteiger charge is -2.01. The Morgan fingerprint density at radius 1 is 1.60 bits per heavy atom. The Morgan fingerprint density at radius 2 is 2.20 bits per heavy atom. The summed E-state index contributed by atoms with van der Waals surface area (Å²) in [5.41, 5.74) is -0.710. The summed E-state index contributed by atoms with van der Waals surface area (Å²) >= 11 is 5.34. The van der Waals surface area contributed by atoms with Gasteiger partial charge in [0, 0.05) is 11.6 Å². The van der Waals surface area contributed by atoms with Crippen LogP contribution in [0, 0.1) is 15.9 Å². The van der Waals surface area contributed by atoms with Gasteiger partial charge >= 0.3 is 5.97 Å². The van der Waals surface area contributed by atoms with Gasteiger partial charge < -0.3 is 5.11 Å². The SMILES string of the molecule is O=C(O)Cc1cc(F)c(Cl)cc1[N+](=O)[O-]. The van der Waals surface area contributed by atoms with E-state index in [0.29, 0.717) is 0 Å². The summed E-state index contributed by atoms with van der Waals surface area (Å²) in [6.07, 6.45) is -0.621. The van der Waals surface area contributed by atoms with E-state index in [2.05, 4.69) is 0 Å². The van der Waals surface area contributed by atoms with Crippen LogP contribution in [0.25, 0.3) is 0 Å². The van der Waals surface area contributed by atoms with Gasteiger partial charge in [0.2, 0.25) is 0 Å². The molecule has 15 heavy (non-hydrogen) atoms. The maximum Gasteiger partial charge on any atom is 0.308 e. The van der Waals surface area contributed by atoms with Gasteiger partial charge in [0.25, 0.3) is 5.69 Å². The van der Waals surface area contributed by atoms with Gasteiger partial charge in [-0.1, -0.05) is 11.6 Å². The minimum absolute atomic E-state index is 0.214. The van der Waals surface area contributed by atoms with Crippen LogP contribution >= 0.6 is 11.6 Å². The highest BCUT2D eigenvalue weighted by Crippen LogP contribution is 2.26. The van der Waals surface area contributed by atoms with E-state index < -0.39 is 33.8 Å². The van der Waals surface area contributed by atoms with Crippen LogP contribution in [-0.4, -0.2) is 16.0 Å². The molecule has 1 N–H and O–H groups in total. The van der Waals surface area contributed by atoms with E-state index >= 15 is 0 Å². The number of nitro benzene ring substituents is 1. The molecule has 0 aliphatic heterocycles. The molecule has 0 atom stereocenters. The van der Waals surface area contributed by atoms with Gasteiger partial charge in [-0.25, -0.2) is 4.39 Å². The molecule has 0 spiro atoms. The molecule has 0 saturated carbocycles. The first-order valence-electron chi connectivity index (χ1n) is 3.76. The molecule has 0 fully saturated rings. The third-order valence-electron chi connectivity index (χ3n) is 1.66. The molecule has 0 heterocycles. The smallest absolute Gasteiger partial charge is 0.308 e. The molecule has 0 aliphatic rings. The van der Waals surface area contributed by atoms with Gasteiger partial charge in [0.1, 0.15) is 5.82 Å². The van der Waals surface area contributed by atoms with Crippen molar-refractivity contribution in [2.45, 2.75) is 6.42 Å². The zero-order valence-corrected chi connectivity index (χ0v) is 7.99. The van der Waals surface area contributed by atoms with Gasteiger partial charge in [-0.05, 0) is 6.07 Å². The number of benzene rings is 1. The highest BCUT2D eigenvalue weighted by Gasteiger charge is 2.19. The first-order chi connectivity index (χ1) is 6.91. The van der Waals surface area contributed by atoms with E-state index in [0.717, 1.165) is 12.1 Å². The number of carbonyl (C=O) groups is 1. The molecule has 5 nitrogen and oxygen atoms in total. The van der Waals surface area contributed by atoms with Crippen LogP contribution in [0.3, 0.4) is 0 Å². The number of rotatable bonds is 3. The second-order valence-electron chi connectivity index (χ2n) is 2.72. The van der Waals surface area contributed by atoms with E-state index in [-0.39, 0.29) is 5.56 Å². The van der Waals surface area contributed by atoms with Crippen molar-refractivity contribution in [2.24, 2.45) is 0 Å². The number of carboxylic acid groups (broad SMARTS) is 1. The van der Waals surface area contributed by atoms with Crippen LogP contribution in [0.5, 0.6) is 0 Å². The fraction of sp³-hybridized carbons (Fsp3) is 0.125. The molecule has 0 aliphatic carbocycles. The van der Waals surface area contributed by atoms with Crippen LogP contribution in [-0.2, 0) is 11.2 Å². The first-order valence-corrected chi connectivity index (χ1v) is 4.13. The molecule has 1 aromatic rings. The van der Waals surface area contributed by atoms with Crippen molar-refractivity contribution < 1.29 is 19.2 Å². The predicted octanol–water partition coefficient (Wildman–Crippen LogP) is 2.01.